The third-order valence-corrected chi connectivity index (χ3v) is 5.95. The number of barbiturate groups is 1. The Morgan fingerprint density at radius 2 is 1.76 bits per heavy atom. The lowest BCUT2D eigenvalue weighted by atomic mass is 10.1. The minimum atomic E-state index is -0.882. The van der Waals surface area contributed by atoms with Crippen LogP contribution in [0.1, 0.15) is 16.7 Å². The van der Waals surface area contributed by atoms with E-state index in [0.29, 0.717) is 16.5 Å². The maximum Gasteiger partial charge on any atom is 0.335 e. The number of benzene rings is 3. The van der Waals surface area contributed by atoms with E-state index < -0.39 is 23.8 Å². The minimum absolute atomic E-state index is 0.214. The van der Waals surface area contributed by atoms with Gasteiger partial charge in [-0.05, 0) is 74.0 Å². The van der Waals surface area contributed by atoms with Crippen molar-refractivity contribution in [3.63, 3.8) is 0 Å². The van der Waals surface area contributed by atoms with E-state index in [9.17, 15) is 19.2 Å². The van der Waals surface area contributed by atoms with Gasteiger partial charge >= 0.3 is 6.03 Å². The number of carbonyl (C=O) groups is 4. The van der Waals surface area contributed by atoms with E-state index in [2.05, 4.69) is 10.6 Å². The van der Waals surface area contributed by atoms with Crippen molar-refractivity contribution >= 4 is 52.8 Å². The molecule has 0 radical (unpaired) electrons. The van der Waals surface area contributed by atoms with Gasteiger partial charge in [0.25, 0.3) is 17.7 Å². The van der Waals surface area contributed by atoms with E-state index in [-0.39, 0.29) is 29.2 Å². The number of amides is 5. The molecule has 194 valence electrons. The van der Waals surface area contributed by atoms with Crippen molar-refractivity contribution in [1.82, 2.24) is 5.32 Å². The van der Waals surface area contributed by atoms with Crippen LogP contribution in [0.5, 0.6) is 11.5 Å². The summed E-state index contributed by atoms with van der Waals surface area (Å²) in [5.41, 5.74) is 2.86. The van der Waals surface area contributed by atoms with Gasteiger partial charge in [-0.1, -0.05) is 29.3 Å². The first kappa shape index (κ1) is 26.4. The maximum absolute atomic E-state index is 13.2. The first-order chi connectivity index (χ1) is 18.2. The monoisotopic (exact) mass is 533 g/mol. The highest BCUT2D eigenvalue weighted by molar-refractivity contribution is 6.39. The van der Waals surface area contributed by atoms with Crippen LogP contribution < -0.4 is 25.0 Å². The topological polar surface area (TPSA) is 114 Å². The second-order valence-electron chi connectivity index (χ2n) is 8.49. The first-order valence-corrected chi connectivity index (χ1v) is 11.9. The normalized spacial score (nSPS) is 14.4. The summed E-state index contributed by atoms with van der Waals surface area (Å²) in [5, 5.41) is 5.28. The van der Waals surface area contributed by atoms with Gasteiger partial charge in [0.1, 0.15) is 17.1 Å². The number of imide groups is 2. The van der Waals surface area contributed by atoms with Crippen LogP contribution in [-0.4, -0.2) is 37.5 Å². The highest BCUT2D eigenvalue weighted by atomic mass is 35.5. The van der Waals surface area contributed by atoms with Crippen LogP contribution in [0.25, 0.3) is 6.08 Å². The van der Waals surface area contributed by atoms with Crippen LogP contribution in [0.3, 0.4) is 0 Å². The number of halogens is 1. The Labute approximate surface area is 224 Å². The molecule has 0 atom stereocenters. The minimum Gasteiger partial charge on any atom is -0.497 e. The number of aryl methyl sites for hydroxylation is 2. The van der Waals surface area contributed by atoms with Gasteiger partial charge in [-0.2, -0.15) is 0 Å². The van der Waals surface area contributed by atoms with E-state index in [1.807, 2.05) is 32.0 Å². The van der Waals surface area contributed by atoms with Crippen LogP contribution >= 0.6 is 11.6 Å². The molecule has 1 saturated heterocycles. The summed E-state index contributed by atoms with van der Waals surface area (Å²) in [6.07, 6.45) is 1.27. The number of nitrogens with one attached hydrogen (secondary N) is 2. The van der Waals surface area contributed by atoms with E-state index >= 15 is 0 Å². The number of methoxy groups -OCH3 is 1. The summed E-state index contributed by atoms with van der Waals surface area (Å²) in [6.45, 7) is 3.52. The molecule has 4 rings (SSSR count). The average molecular weight is 534 g/mol. The second-order valence-corrected chi connectivity index (χ2v) is 8.93. The molecule has 0 bridgehead atoms. The summed E-state index contributed by atoms with van der Waals surface area (Å²) < 4.78 is 10.8. The molecular weight excluding hydrogens is 510 g/mol. The zero-order valence-corrected chi connectivity index (χ0v) is 21.6. The molecule has 0 aromatic heterocycles. The summed E-state index contributed by atoms with van der Waals surface area (Å²) in [7, 11) is 1.49. The van der Waals surface area contributed by atoms with E-state index in [4.69, 9.17) is 21.1 Å². The molecule has 3 aromatic carbocycles. The molecule has 3 aromatic rings. The van der Waals surface area contributed by atoms with E-state index in [1.54, 1.807) is 18.2 Å². The van der Waals surface area contributed by atoms with Gasteiger partial charge in [0.05, 0.1) is 12.8 Å². The smallest absolute Gasteiger partial charge is 0.335 e. The number of carbonyl (C=O) groups excluding carboxylic acids is 4. The Morgan fingerprint density at radius 1 is 1.03 bits per heavy atom. The van der Waals surface area contributed by atoms with Gasteiger partial charge in [0.15, 0.2) is 6.61 Å². The Bertz CT molecular complexity index is 1470. The van der Waals surface area contributed by atoms with Crippen LogP contribution in [0.15, 0.2) is 66.2 Å². The zero-order valence-electron chi connectivity index (χ0n) is 20.8. The Balaban J connectivity index is 1.57. The van der Waals surface area contributed by atoms with E-state index in [1.165, 1.54) is 37.5 Å². The maximum atomic E-state index is 13.2. The third-order valence-electron chi connectivity index (χ3n) is 5.72. The number of ether oxygens (including phenoxy) is 2. The van der Waals surface area contributed by atoms with Crippen LogP contribution in [-0.2, 0) is 14.4 Å². The van der Waals surface area contributed by atoms with Gasteiger partial charge in [-0.3, -0.25) is 19.7 Å². The highest BCUT2D eigenvalue weighted by Gasteiger charge is 2.37. The number of urea groups is 1. The third kappa shape index (κ3) is 5.84. The molecule has 10 heteroatoms. The van der Waals surface area contributed by atoms with Gasteiger partial charge in [-0.15, -0.1) is 0 Å². The molecule has 38 heavy (non-hydrogen) atoms. The molecule has 1 fully saturated rings. The van der Waals surface area contributed by atoms with Crippen LogP contribution in [0.4, 0.5) is 16.2 Å². The standard InChI is InChI=1S/C28H24ClN3O6/c1-16-4-10-23(17(2)12-16)30-25(33)15-38-24-11-5-19(29)13-18(24)14-22-26(34)31-28(36)32(27(22)35)20-6-8-21(37-3)9-7-20/h4-14H,15H2,1-3H3,(H,30,33)(H,31,34,36)/b22-14+. The lowest BCUT2D eigenvalue weighted by Crippen LogP contribution is -2.54. The van der Waals surface area contributed by atoms with Gasteiger partial charge < -0.3 is 14.8 Å². The molecule has 0 unspecified atom stereocenters. The fourth-order valence-electron chi connectivity index (χ4n) is 3.83. The van der Waals surface area contributed by atoms with E-state index in [0.717, 1.165) is 16.0 Å². The van der Waals surface area contributed by atoms with Crippen molar-refractivity contribution in [3.05, 3.63) is 87.9 Å². The molecule has 0 saturated carbocycles. The Morgan fingerprint density at radius 3 is 2.45 bits per heavy atom. The zero-order chi connectivity index (χ0) is 27.4. The first-order valence-electron chi connectivity index (χ1n) is 11.5. The number of hydrogen-bond donors (Lipinski definition) is 2. The molecule has 9 nitrogen and oxygen atoms in total. The van der Waals surface area contributed by atoms with Gasteiger partial charge in [0.2, 0.25) is 0 Å². The van der Waals surface area contributed by atoms with Crippen molar-refractivity contribution in [3.8, 4) is 11.5 Å². The summed E-state index contributed by atoms with van der Waals surface area (Å²) in [5.74, 6) is -1.35. The number of anilines is 2. The van der Waals surface area contributed by atoms with Gasteiger partial charge in [-0.25, -0.2) is 9.69 Å². The SMILES string of the molecule is COc1ccc(N2C(=O)NC(=O)/C(=C\c3cc(Cl)ccc3OCC(=O)Nc3ccc(C)cc3C)C2=O)cc1. The highest BCUT2D eigenvalue weighted by Crippen LogP contribution is 2.29. The molecule has 1 heterocycles. The summed E-state index contributed by atoms with van der Waals surface area (Å²) in [6, 6.07) is 15.5. The number of nitrogens with zero attached hydrogens (tertiary/aromatic N) is 1. The fourth-order valence-corrected chi connectivity index (χ4v) is 4.01. The number of rotatable bonds is 7. The average Bonchev–Trinajstić information content (AvgIpc) is 2.88. The van der Waals surface area contributed by atoms with Crippen LogP contribution in [0.2, 0.25) is 5.02 Å². The van der Waals surface area contributed by atoms with Crippen molar-refractivity contribution in [1.29, 1.82) is 0 Å². The molecular formula is C28H24ClN3O6. The molecule has 1 aliphatic heterocycles. The predicted octanol–water partition coefficient (Wildman–Crippen LogP) is 4.65. The van der Waals surface area contributed by atoms with Crippen molar-refractivity contribution in [2.24, 2.45) is 0 Å². The molecule has 1 aliphatic rings. The lowest BCUT2D eigenvalue weighted by Gasteiger charge is -2.26. The van der Waals surface area contributed by atoms with Gasteiger partial charge in [0, 0.05) is 16.3 Å². The molecule has 0 aliphatic carbocycles. The van der Waals surface area contributed by atoms with Crippen molar-refractivity contribution < 1.29 is 28.7 Å². The van der Waals surface area contributed by atoms with Crippen molar-refractivity contribution in [2.75, 3.05) is 23.9 Å². The molecule has 2 N–H and O–H groups in total. The number of hydrogen-bond acceptors (Lipinski definition) is 6. The van der Waals surface area contributed by atoms with Crippen LogP contribution in [0, 0.1) is 13.8 Å². The lowest BCUT2D eigenvalue weighted by molar-refractivity contribution is -0.122. The summed E-state index contributed by atoms with van der Waals surface area (Å²) >= 11 is 6.16. The second kappa shape index (κ2) is 11.2. The molecule has 0 spiro atoms. The van der Waals surface area contributed by atoms with Crippen molar-refractivity contribution in [2.45, 2.75) is 13.8 Å². The molecule has 5 amide bonds. The largest absolute Gasteiger partial charge is 0.497 e. The summed E-state index contributed by atoms with van der Waals surface area (Å²) in [4.78, 5) is 51.7. The Hall–Kier alpha value is -4.63. The Kier molecular flexibility index (Phi) is 7.78. The predicted molar refractivity (Wildman–Crippen MR) is 143 cm³/mol. The quantitative estimate of drug-likeness (QED) is 0.337. The fraction of sp³-hybridized carbons (Fsp3) is 0.143.